The Bertz CT molecular complexity index is 548. The minimum atomic E-state index is -0.255. The molecular formula is C14H16FN3O. The first kappa shape index (κ1) is 13.5. The normalized spacial score (nSPS) is 12.2. The second-order valence-electron chi connectivity index (χ2n) is 4.17. The highest BCUT2D eigenvalue weighted by Gasteiger charge is 2.15. The number of nitrogens with zero attached hydrogens (tertiary/aromatic N) is 1. The van der Waals surface area contributed by atoms with Crippen LogP contribution in [0.2, 0.25) is 0 Å². The molecule has 2 rings (SSSR count). The van der Waals surface area contributed by atoms with Gasteiger partial charge in [0.1, 0.15) is 11.6 Å². The van der Waals surface area contributed by atoms with Crippen molar-refractivity contribution in [3.8, 4) is 5.75 Å². The molecule has 1 aromatic heterocycles. The van der Waals surface area contributed by atoms with Gasteiger partial charge in [0, 0.05) is 11.8 Å². The zero-order valence-electron chi connectivity index (χ0n) is 10.6. The van der Waals surface area contributed by atoms with Gasteiger partial charge in [0.05, 0.1) is 19.3 Å². The molecule has 0 saturated carbocycles. The van der Waals surface area contributed by atoms with E-state index in [1.54, 1.807) is 25.6 Å². The number of nitrogens with one attached hydrogen (secondary N) is 1. The van der Waals surface area contributed by atoms with E-state index in [0.29, 0.717) is 12.2 Å². The number of hydrogen-bond donors (Lipinski definition) is 2. The fourth-order valence-corrected chi connectivity index (χ4v) is 2.01. The van der Waals surface area contributed by atoms with Crippen LogP contribution in [0.1, 0.15) is 17.2 Å². The highest BCUT2D eigenvalue weighted by Crippen LogP contribution is 2.26. The Hall–Kier alpha value is -1.98. The maximum Gasteiger partial charge on any atom is 0.141 e. The molecule has 0 bridgehead atoms. The second kappa shape index (κ2) is 6.26. The van der Waals surface area contributed by atoms with Crippen LogP contribution < -0.4 is 16.0 Å². The van der Waals surface area contributed by atoms with E-state index in [-0.39, 0.29) is 11.9 Å². The summed E-state index contributed by atoms with van der Waals surface area (Å²) in [4.78, 5) is 4.00. The van der Waals surface area contributed by atoms with Crippen LogP contribution in [-0.4, -0.2) is 12.1 Å². The average molecular weight is 261 g/mol. The van der Waals surface area contributed by atoms with Crippen molar-refractivity contribution in [1.82, 2.24) is 10.4 Å². The molecule has 0 radical (unpaired) electrons. The van der Waals surface area contributed by atoms with Crippen molar-refractivity contribution < 1.29 is 9.13 Å². The molecule has 100 valence electrons. The molecule has 1 heterocycles. The number of hydrogen-bond acceptors (Lipinski definition) is 4. The average Bonchev–Trinajstić information content (AvgIpc) is 2.45. The number of aromatic nitrogens is 1. The maximum absolute atomic E-state index is 13.2. The molecule has 3 N–H and O–H groups in total. The van der Waals surface area contributed by atoms with Gasteiger partial charge in [-0.2, -0.15) is 0 Å². The van der Waals surface area contributed by atoms with Gasteiger partial charge in [0.2, 0.25) is 0 Å². The van der Waals surface area contributed by atoms with Gasteiger partial charge in [0.25, 0.3) is 0 Å². The predicted octanol–water partition coefficient (Wildman–Crippen LogP) is 1.98. The number of methoxy groups -OCH3 is 1. The fourth-order valence-electron chi connectivity index (χ4n) is 2.01. The largest absolute Gasteiger partial charge is 0.495 e. The Kier molecular flexibility index (Phi) is 4.43. The predicted molar refractivity (Wildman–Crippen MR) is 71.0 cm³/mol. The molecule has 0 aliphatic heterocycles. The number of rotatable bonds is 5. The molecule has 1 aromatic carbocycles. The summed E-state index contributed by atoms with van der Waals surface area (Å²) in [6, 6.07) is 8.13. The van der Waals surface area contributed by atoms with E-state index in [0.717, 1.165) is 11.1 Å². The highest BCUT2D eigenvalue weighted by atomic mass is 19.1. The minimum absolute atomic E-state index is 0.167. The van der Waals surface area contributed by atoms with Gasteiger partial charge in [-0.05, 0) is 30.2 Å². The lowest BCUT2D eigenvalue weighted by Gasteiger charge is -2.18. The summed E-state index contributed by atoms with van der Waals surface area (Å²) in [5, 5.41) is 0. The number of hydrazine groups is 1. The minimum Gasteiger partial charge on any atom is -0.495 e. The van der Waals surface area contributed by atoms with Gasteiger partial charge < -0.3 is 4.74 Å². The van der Waals surface area contributed by atoms with Crippen LogP contribution in [0.15, 0.2) is 42.7 Å². The molecular weight excluding hydrogens is 245 g/mol. The van der Waals surface area contributed by atoms with Gasteiger partial charge in [-0.3, -0.25) is 16.3 Å². The van der Waals surface area contributed by atoms with Crippen molar-refractivity contribution >= 4 is 0 Å². The van der Waals surface area contributed by atoms with Gasteiger partial charge in [-0.15, -0.1) is 0 Å². The van der Waals surface area contributed by atoms with E-state index in [1.807, 2.05) is 12.1 Å². The van der Waals surface area contributed by atoms with E-state index >= 15 is 0 Å². The lowest BCUT2D eigenvalue weighted by atomic mass is 9.99. The molecule has 4 nitrogen and oxygen atoms in total. The zero-order chi connectivity index (χ0) is 13.7. The van der Waals surface area contributed by atoms with Crippen molar-refractivity contribution in [3.05, 3.63) is 59.7 Å². The molecule has 0 aliphatic carbocycles. The van der Waals surface area contributed by atoms with Crippen LogP contribution in [0.5, 0.6) is 5.75 Å². The van der Waals surface area contributed by atoms with E-state index < -0.39 is 0 Å². The number of nitrogens with two attached hydrogens (primary N) is 1. The van der Waals surface area contributed by atoms with Crippen LogP contribution in [0, 0.1) is 5.82 Å². The lowest BCUT2D eigenvalue weighted by Crippen LogP contribution is -2.30. The standard InChI is InChI=1S/C14H16FN3O/c1-19-14-9-17-6-5-12(14)13(18-16)8-10-3-2-4-11(15)7-10/h2-7,9,13,18H,8,16H2,1H3. The Balaban J connectivity index is 2.25. The van der Waals surface area contributed by atoms with Crippen molar-refractivity contribution in [1.29, 1.82) is 0 Å². The zero-order valence-corrected chi connectivity index (χ0v) is 10.6. The van der Waals surface area contributed by atoms with E-state index in [2.05, 4.69) is 10.4 Å². The van der Waals surface area contributed by atoms with E-state index in [9.17, 15) is 4.39 Å². The molecule has 5 heteroatoms. The smallest absolute Gasteiger partial charge is 0.141 e. The Morgan fingerprint density at radius 3 is 2.95 bits per heavy atom. The van der Waals surface area contributed by atoms with Crippen LogP contribution in [0.25, 0.3) is 0 Å². The molecule has 1 unspecified atom stereocenters. The highest BCUT2D eigenvalue weighted by molar-refractivity contribution is 5.34. The van der Waals surface area contributed by atoms with E-state index in [1.165, 1.54) is 12.1 Å². The Labute approximate surface area is 111 Å². The monoisotopic (exact) mass is 261 g/mol. The lowest BCUT2D eigenvalue weighted by molar-refractivity contribution is 0.397. The van der Waals surface area contributed by atoms with Crippen molar-refractivity contribution in [2.75, 3.05) is 7.11 Å². The Morgan fingerprint density at radius 2 is 2.26 bits per heavy atom. The molecule has 0 amide bonds. The van der Waals surface area contributed by atoms with Gasteiger partial charge in [-0.1, -0.05) is 12.1 Å². The van der Waals surface area contributed by atoms with E-state index in [4.69, 9.17) is 10.6 Å². The quantitative estimate of drug-likeness (QED) is 0.638. The van der Waals surface area contributed by atoms with Crippen LogP contribution in [-0.2, 0) is 6.42 Å². The van der Waals surface area contributed by atoms with Gasteiger partial charge in [0.15, 0.2) is 0 Å². The summed E-state index contributed by atoms with van der Waals surface area (Å²) in [7, 11) is 1.58. The van der Waals surface area contributed by atoms with Crippen molar-refractivity contribution in [3.63, 3.8) is 0 Å². The number of ether oxygens (including phenoxy) is 1. The van der Waals surface area contributed by atoms with Crippen molar-refractivity contribution in [2.24, 2.45) is 5.84 Å². The van der Waals surface area contributed by atoms with Crippen LogP contribution in [0.4, 0.5) is 4.39 Å². The summed E-state index contributed by atoms with van der Waals surface area (Å²) in [5.74, 6) is 5.99. The third-order valence-electron chi connectivity index (χ3n) is 2.94. The molecule has 0 spiro atoms. The fraction of sp³-hybridized carbons (Fsp3) is 0.214. The third-order valence-corrected chi connectivity index (χ3v) is 2.94. The maximum atomic E-state index is 13.2. The summed E-state index contributed by atoms with van der Waals surface area (Å²) in [5.41, 5.74) is 4.49. The Morgan fingerprint density at radius 1 is 1.42 bits per heavy atom. The molecule has 0 saturated heterocycles. The molecule has 1 atom stereocenters. The summed E-state index contributed by atoms with van der Waals surface area (Å²) in [6.45, 7) is 0. The molecule has 0 fully saturated rings. The third kappa shape index (κ3) is 3.27. The van der Waals surface area contributed by atoms with Crippen LogP contribution in [0.3, 0.4) is 0 Å². The van der Waals surface area contributed by atoms with Crippen molar-refractivity contribution in [2.45, 2.75) is 12.5 Å². The first-order valence-corrected chi connectivity index (χ1v) is 5.93. The van der Waals surface area contributed by atoms with Gasteiger partial charge >= 0.3 is 0 Å². The number of halogens is 1. The summed E-state index contributed by atoms with van der Waals surface area (Å²) < 4.78 is 18.4. The number of pyridine rings is 1. The SMILES string of the molecule is COc1cnccc1C(Cc1cccc(F)c1)NN. The first-order chi connectivity index (χ1) is 9.24. The first-order valence-electron chi connectivity index (χ1n) is 5.93. The second-order valence-corrected chi connectivity index (χ2v) is 4.17. The van der Waals surface area contributed by atoms with Gasteiger partial charge in [-0.25, -0.2) is 4.39 Å². The summed E-state index contributed by atoms with van der Waals surface area (Å²) >= 11 is 0. The molecule has 2 aromatic rings. The molecule has 19 heavy (non-hydrogen) atoms. The number of benzene rings is 1. The molecule has 0 aliphatic rings. The van der Waals surface area contributed by atoms with Crippen LogP contribution >= 0.6 is 0 Å². The summed E-state index contributed by atoms with van der Waals surface area (Å²) in [6.07, 6.45) is 3.87. The topological polar surface area (TPSA) is 60.2 Å².